The van der Waals surface area contributed by atoms with Crippen molar-refractivity contribution in [2.75, 3.05) is 39.8 Å². The third kappa shape index (κ3) is 3.70. The van der Waals surface area contributed by atoms with Gasteiger partial charge in [0.15, 0.2) is 0 Å². The quantitative estimate of drug-likeness (QED) is 0.648. The first kappa shape index (κ1) is 10.9. The Balaban J connectivity index is 0.000001000. The van der Waals surface area contributed by atoms with E-state index in [1.54, 1.807) is 0 Å². The predicted octanol–water partition coefficient (Wildman–Crippen LogP) is 0.806. The van der Waals surface area contributed by atoms with Gasteiger partial charge >= 0.3 is 0 Å². The molecule has 1 saturated heterocycles. The molecule has 11 heavy (non-hydrogen) atoms. The van der Waals surface area contributed by atoms with Crippen molar-refractivity contribution in [2.24, 2.45) is 0 Å². The highest BCUT2D eigenvalue weighted by Gasteiger charge is 2.11. The fourth-order valence-corrected chi connectivity index (χ4v) is 1.39. The molecular formula is C8H21N3. The van der Waals surface area contributed by atoms with Gasteiger partial charge in [0.25, 0.3) is 0 Å². The van der Waals surface area contributed by atoms with Gasteiger partial charge < -0.3 is 16.0 Å². The zero-order valence-corrected chi connectivity index (χ0v) is 7.84. The summed E-state index contributed by atoms with van der Waals surface area (Å²) in [5.74, 6) is 0. The number of nitrogens with zero attached hydrogens (tertiary/aromatic N) is 2. The molecule has 1 fully saturated rings. The first-order chi connectivity index (χ1) is 4.83. The summed E-state index contributed by atoms with van der Waals surface area (Å²) in [6.07, 6.45) is 1.30. The molecule has 0 radical (unpaired) electrons. The van der Waals surface area contributed by atoms with Crippen LogP contribution in [0.3, 0.4) is 0 Å². The zero-order chi connectivity index (χ0) is 7.40. The van der Waals surface area contributed by atoms with Crippen molar-refractivity contribution in [1.82, 2.24) is 16.0 Å². The molecule has 3 N–H and O–H groups in total. The maximum absolute atomic E-state index is 2.54. The molecule has 0 spiro atoms. The molecule has 1 aliphatic rings. The second kappa shape index (κ2) is 5.52. The lowest BCUT2D eigenvalue weighted by molar-refractivity contribution is 0.154. The van der Waals surface area contributed by atoms with Crippen molar-refractivity contribution in [3.63, 3.8) is 0 Å². The fraction of sp³-hybridized carbons (Fsp3) is 1.00. The summed E-state index contributed by atoms with van der Waals surface area (Å²) in [4.78, 5) is 4.94. The van der Waals surface area contributed by atoms with Gasteiger partial charge in [-0.3, -0.25) is 0 Å². The molecule has 0 aromatic rings. The highest BCUT2D eigenvalue weighted by atomic mass is 15.2. The van der Waals surface area contributed by atoms with E-state index in [0.29, 0.717) is 0 Å². The van der Waals surface area contributed by atoms with Crippen LogP contribution in [0, 0.1) is 0 Å². The predicted molar refractivity (Wildman–Crippen MR) is 49.3 cm³/mol. The first-order valence-corrected chi connectivity index (χ1v) is 4.24. The number of hydrogen-bond acceptors (Lipinski definition) is 3. The molecule has 0 aromatic heterocycles. The van der Waals surface area contributed by atoms with Crippen LogP contribution in [0.1, 0.15) is 13.3 Å². The molecule has 1 heterocycles. The molecule has 0 aromatic carbocycles. The molecule has 3 nitrogen and oxygen atoms in total. The molecule has 0 unspecified atom stereocenters. The summed E-state index contributed by atoms with van der Waals surface area (Å²) in [6.45, 7) is 8.57. The van der Waals surface area contributed by atoms with E-state index in [-0.39, 0.29) is 6.15 Å². The van der Waals surface area contributed by atoms with Crippen molar-refractivity contribution in [2.45, 2.75) is 13.3 Å². The summed E-state index contributed by atoms with van der Waals surface area (Å²) in [5.41, 5.74) is 0. The lowest BCUT2D eigenvalue weighted by Gasteiger charge is -2.31. The van der Waals surface area contributed by atoms with E-state index >= 15 is 0 Å². The second-order valence-electron chi connectivity index (χ2n) is 3.14. The van der Waals surface area contributed by atoms with Gasteiger partial charge in [-0.25, -0.2) is 0 Å². The highest BCUT2D eigenvalue weighted by Crippen LogP contribution is 1.98. The average molecular weight is 159 g/mol. The highest BCUT2D eigenvalue weighted by molar-refractivity contribution is 4.67. The summed E-state index contributed by atoms with van der Waals surface area (Å²) < 4.78 is 0. The van der Waals surface area contributed by atoms with Crippen LogP contribution >= 0.6 is 0 Å². The SMILES string of the molecule is CCCN1CCN(C)CC1.N. The number of likely N-dealkylation sites (N-methyl/N-ethyl adjacent to an activating group) is 1. The van der Waals surface area contributed by atoms with E-state index in [2.05, 4.69) is 23.8 Å². The Morgan fingerprint density at radius 1 is 1.09 bits per heavy atom. The smallest absolute Gasteiger partial charge is 0.0110 e. The molecule has 0 atom stereocenters. The number of piperazine rings is 1. The van der Waals surface area contributed by atoms with Gasteiger partial charge in [0.2, 0.25) is 0 Å². The van der Waals surface area contributed by atoms with Gasteiger partial charge in [-0.15, -0.1) is 0 Å². The maximum atomic E-state index is 2.54. The Morgan fingerprint density at radius 3 is 2.09 bits per heavy atom. The average Bonchev–Trinajstić information content (AvgIpc) is 1.95. The molecule has 0 amide bonds. The van der Waals surface area contributed by atoms with E-state index in [9.17, 15) is 0 Å². The summed E-state index contributed by atoms with van der Waals surface area (Å²) in [5, 5.41) is 0. The van der Waals surface area contributed by atoms with Crippen molar-refractivity contribution >= 4 is 0 Å². The minimum Gasteiger partial charge on any atom is -0.344 e. The van der Waals surface area contributed by atoms with Gasteiger partial charge in [-0.05, 0) is 20.0 Å². The van der Waals surface area contributed by atoms with E-state index in [0.717, 1.165) is 0 Å². The summed E-state index contributed by atoms with van der Waals surface area (Å²) >= 11 is 0. The van der Waals surface area contributed by atoms with E-state index in [1.807, 2.05) is 0 Å². The van der Waals surface area contributed by atoms with Crippen molar-refractivity contribution in [3.05, 3.63) is 0 Å². The molecule has 68 valence electrons. The van der Waals surface area contributed by atoms with Gasteiger partial charge in [-0.2, -0.15) is 0 Å². The molecule has 0 bridgehead atoms. The van der Waals surface area contributed by atoms with Crippen LogP contribution in [0.2, 0.25) is 0 Å². The lowest BCUT2D eigenvalue weighted by Crippen LogP contribution is -2.44. The number of rotatable bonds is 2. The van der Waals surface area contributed by atoms with Crippen molar-refractivity contribution < 1.29 is 0 Å². The summed E-state index contributed by atoms with van der Waals surface area (Å²) in [7, 11) is 2.20. The van der Waals surface area contributed by atoms with E-state index in [1.165, 1.54) is 39.1 Å². The Kier molecular flexibility index (Phi) is 5.46. The van der Waals surface area contributed by atoms with E-state index in [4.69, 9.17) is 0 Å². The minimum absolute atomic E-state index is 0. The van der Waals surface area contributed by atoms with Crippen LogP contribution in [0.25, 0.3) is 0 Å². The Bertz CT molecular complexity index is 87.3. The Labute approximate surface area is 69.9 Å². The van der Waals surface area contributed by atoms with Crippen molar-refractivity contribution in [1.29, 1.82) is 0 Å². The first-order valence-electron chi connectivity index (χ1n) is 4.24. The summed E-state index contributed by atoms with van der Waals surface area (Å²) in [6, 6.07) is 0. The van der Waals surface area contributed by atoms with Gasteiger partial charge in [0, 0.05) is 26.2 Å². The van der Waals surface area contributed by atoms with Gasteiger partial charge in [0.1, 0.15) is 0 Å². The lowest BCUT2D eigenvalue weighted by atomic mass is 10.3. The van der Waals surface area contributed by atoms with Crippen LogP contribution < -0.4 is 6.15 Å². The Hall–Kier alpha value is -0.120. The molecular weight excluding hydrogens is 138 g/mol. The van der Waals surface area contributed by atoms with E-state index < -0.39 is 0 Å². The molecule has 3 heteroatoms. The van der Waals surface area contributed by atoms with Gasteiger partial charge in [-0.1, -0.05) is 6.92 Å². The molecule has 1 aliphatic heterocycles. The maximum Gasteiger partial charge on any atom is 0.0110 e. The Morgan fingerprint density at radius 2 is 1.64 bits per heavy atom. The second-order valence-corrected chi connectivity index (χ2v) is 3.14. The topological polar surface area (TPSA) is 41.5 Å². The van der Waals surface area contributed by atoms with Crippen LogP contribution in [0.15, 0.2) is 0 Å². The minimum atomic E-state index is 0. The largest absolute Gasteiger partial charge is 0.344 e. The van der Waals surface area contributed by atoms with Crippen LogP contribution in [-0.2, 0) is 0 Å². The normalized spacial score (nSPS) is 21.3. The fourth-order valence-electron chi connectivity index (χ4n) is 1.39. The van der Waals surface area contributed by atoms with Crippen LogP contribution in [-0.4, -0.2) is 49.6 Å². The third-order valence-electron chi connectivity index (χ3n) is 2.14. The van der Waals surface area contributed by atoms with Crippen LogP contribution in [0.5, 0.6) is 0 Å². The monoisotopic (exact) mass is 159 g/mol. The van der Waals surface area contributed by atoms with Crippen molar-refractivity contribution in [3.8, 4) is 0 Å². The molecule has 0 saturated carbocycles. The molecule has 0 aliphatic carbocycles. The van der Waals surface area contributed by atoms with Gasteiger partial charge in [0.05, 0.1) is 0 Å². The third-order valence-corrected chi connectivity index (χ3v) is 2.14. The number of hydrogen-bond donors (Lipinski definition) is 1. The van der Waals surface area contributed by atoms with Crippen LogP contribution in [0.4, 0.5) is 0 Å². The zero-order valence-electron chi connectivity index (χ0n) is 7.84. The molecule has 1 rings (SSSR count). The standard InChI is InChI=1S/C8H18N2.H3N/c1-3-4-10-7-5-9(2)6-8-10;/h3-8H2,1-2H3;1H3.